The van der Waals surface area contributed by atoms with Gasteiger partial charge >= 0.3 is 0 Å². The first kappa shape index (κ1) is 18.9. The first-order valence-electron chi connectivity index (χ1n) is 10.6. The van der Waals surface area contributed by atoms with Gasteiger partial charge in [-0.3, -0.25) is 0 Å². The molecule has 6 rings (SSSR count). The summed E-state index contributed by atoms with van der Waals surface area (Å²) in [6.07, 6.45) is 0. The lowest BCUT2D eigenvalue weighted by Crippen LogP contribution is -1.90. The molecule has 0 spiro atoms. The van der Waals surface area contributed by atoms with E-state index in [2.05, 4.69) is 72.8 Å². The van der Waals surface area contributed by atoms with Gasteiger partial charge in [0.15, 0.2) is 0 Å². The molecule has 32 heavy (non-hydrogen) atoms. The van der Waals surface area contributed by atoms with E-state index in [1.54, 1.807) is 0 Å². The lowest BCUT2D eigenvalue weighted by molar-refractivity contribution is 0.669. The van der Waals surface area contributed by atoms with Gasteiger partial charge in [0.25, 0.3) is 0 Å². The normalized spacial score (nSPS) is 11.3. The van der Waals surface area contributed by atoms with Crippen molar-refractivity contribution in [1.82, 2.24) is 0 Å². The van der Waals surface area contributed by atoms with Crippen LogP contribution in [0.2, 0.25) is 5.02 Å². The Morgan fingerprint density at radius 1 is 0.500 bits per heavy atom. The minimum absolute atomic E-state index is 0.734. The van der Waals surface area contributed by atoms with Crippen LogP contribution in [0.5, 0.6) is 0 Å². The quantitative estimate of drug-likeness (QED) is 0.272. The van der Waals surface area contributed by atoms with Gasteiger partial charge < -0.3 is 4.42 Å². The highest BCUT2D eigenvalue weighted by Gasteiger charge is 2.18. The van der Waals surface area contributed by atoms with Crippen LogP contribution in [-0.2, 0) is 0 Å². The first-order chi connectivity index (χ1) is 15.8. The van der Waals surface area contributed by atoms with Gasteiger partial charge in [-0.2, -0.15) is 0 Å². The number of rotatable bonds is 3. The fourth-order valence-electron chi connectivity index (χ4n) is 4.51. The van der Waals surface area contributed by atoms with Crippen molar-refractivity contribution in [2.24, 2.45) is 0 Å². The molecule has 0 radical (unpaired) electrons. The third-order valence-corrected chi connectivity index (χ3v) is 6.25. The second-order valence-corrected chi connectivity index (χ2v) is 8.30. The molecule has 5 aromatic carbocycles. The largest absolute Gasteiger partial charge is 0.456 e. The Balaban J connectivity index is 1.73. The van der Waals surface area contributed by atoms with Crippen LogP contribution < -0.4 is 0 Å². The number of fused-ring (bicyclic) bond motifs is 3. The summed E-state index contributed by atoms with van der Waals surface area (Å²) in [5.74, 6) is 0. The van der Waals surface area contributed by atoms with E-state index in [1.807, 2.05) is 42.5 Å². The molecule has 6 aromatic rings. The maximum atomic E-state index is 6.99. The number of benzene rings is 5. The van der Waals surface area contributed by atoms with Gasteiger partial charge in [0, 0.05) is 21.4 Å². The van der Waals surface area contributed by atoms with Crippen molar-refractivity contribution in [3.05, 3.63) is 120 Å². The topological polar surface area (TPSA) is 13.1 Å². The molecule has 152 valence electrons. The molecule has 0 saturated carbocycles. The van der Waals surface area contributed by atoms with E-state index in [0.717, 1.165) is 60.3 Å². The molecule has 1 aromatic heterocycles. The lowest BCUT2D eigenvalue weighted by atomic mass is 9.89. The van der Waals surface area contributed by atoms with Gasteiger partial charge in [-0.1, -0.05) is 103 Å². The predicted octanol–water partition coefficient (Wildman–Crippen LogP) is 9.24. The molecule has 0 aliphatic carbocycles. The summed E-state index contributed by atoms with van der Waals surface area (Å²) in [4.78, 5) is 0. The van der Waals surface area contributed by atoms with E-state index in [-0.39, 0.29) is 0 Å². The maximum Gasteiger partial charge on any atom is 0.136 e. The van der Waals surface area contributed by atoms with E-state index >= 15 is 0 Å². The second kappa shape index (κ2) is 7.71. The Morgan fingerprint density at radius 2 is 1.16 bits per heavy atom. The molecule has 0 saturated heterocycles. The molecule has 1 heterocycles. The zero-order valence-electron chi connectivity index (χ0n) is 17.3. The monoisotopic (exact) mass is 430 g/mol. The van der Waals surface area contributed by atoms with Crippen LogP contribution in [0.15, 0.2) is 120 Å². The summed E-state index contributed by atoms with van der Waals surface area (Å²) in [7, 11) is 0. The lowest BCUT2D eigenvalue weighted by Gasteiger charge is -2.16. The Labute approximate surface area is 191 Å². The zero-order chi connectivity index (χ0) is 21.5. The van der Waals surface area contributed by atoms with Gasteiger partial charge in [-0.05, 0) is 52.1 Å². The van der Waals surface area contributed by atoms with E-state index in [4.69, 9.17) is 16.0 Å². The highest BCUT2D eigenvalue weighted by atomic mass is 35.5. The smallest absolute Gasteiger partial charge is 0.136 e. The molecule has 0 fully saturated rings. The number of furan rings is 1. The molecule has 0 atom stereocenters. The van der Waals surface area contributed by atoms with Crippen molar-refractivity contribution >= 4 is 33.5 Å². The zero-order valence-corrected chi connectivity index (χ0v) is 18.0. The van der Waals surface area contributed by atoms with Crippen LogP contribution in [0.4, 0.5) is 0 Å². The first-order valence-corrected chi connectivity index (χ1v) is 11.0. The number of halogens is 1. The molecule has 1 nitrogen and oxygen atoms in total. The number of hydrogen-bond donors (Lipinski definition) is 0. The van der Waals surface area contributed by atoms with Crippen LogP contribution in [0, 0.1) is 0 Å². The summed E-state index contributed by atoms with van der Waals surface area (Å²) in [6, 6.07) is 39.5. The van der Waals surface area contributed by atoms with Gasteiger partial charge in [-0.15, -0.1) is 0 Å². The summed E-state index contributed by atoms with van der Waals surface area (Å²) in [6.45, 7) is 0. The van der Waals surface area contributed by atoms with Crippen molar-refractivity contribution in [3.63, 3.8) is 0 Å². The Kier molecular flexibility index (Phi) is 4.56. The van der Waals surface area contributed by atoms with Gasteiger partial charge in [0.1, 0.15) is 11.2 Å². The van der Waals surface area contributed by atoms with Gasteiger partial charge in [0.2, 0.25) is 0 Å². The van der Waals surface area contributed by atoms with Crippen molar-refractivity contribution < 1.29 is 4.42 Å². The highest BCUT2D eigenvalue weighted by Crippen LogP contribution is 2.45. The molecule has 0 bridgehead atoms. The Bertz CT molecular complexity index is 1560. The summed E-state index contributed by atoms with van der Waals surface area (Å²) >= 11 is 6.99. The van der Waals surface area contributed by atoms with Crippen molar-refractivity contribution in [2.45, 2.75) is 0 Å². The van der Waals surface area contributed by atoms with Crippen molar-refractivity contribution in [1.29, 1.82) is 0 Å². The molecule has 0 N–H and O–H groups in total. The van der Waals surface area contributed by atoms with Crippen LogP contribution in [-0.4, -0.2) is 0 Å². The average molecular weight is 431 g/mol. The third-order valence-electron chi connectivity index (χ3n) is 5.95. The van der Waals surface area contributed by atoms with Crippen LogP contribution in [0.3, 0.4) is 0 Å². The van der Waals surface area contributed by atoms with Crippen LogP contribution in [0.1, 0.15) is 0 Å². The molecular formula is C30H19ClO. The van der Waals surface area contributed by atoms with Crippen molar-refractivity contribution in [3.8, 4) is 33.4 Å². The van der Waals surface area contributed by atoms with Crippen molar-refractivity contribution in [2.75, 3.05) is 0 Å². The highest BCUT2D eigenvalue weighted by molar-refractivity contribution is 6.34. The molecule has 0 aliphatic rings. The SMILES string of the molecule is Clc1cc(-c2ccccc2)cc(-c2cccc3oc4ccccc4c23)c1-c1ccccc1. The molecule has 2 heteroatoms. The Hall–Kier alpha value is -3.81. The second-order valence-electron chi connectivity index (χ2n) is 7.89. The minimum atomic E-state index is 0.734. The minimum Gasteiger partial charge on any atom is -0.456 e. The Morgan fingerprint density at radius 3 is 1.94 bits per heavy atom. The maximum absolute atomic E-state index is 6.99. The van der Waals surface area contributed by atoms with Crippen LogP contribution >= 0.6 is 11.6 Å². The van der Waals surface area contributed by atoms with E-state index < -0.39 is 0 Å². The van der Waals surface area contributed by atoms with E-state index in [9.17, 15) is 0 Å². The van der Waals surface area contributed by atoms with Gasteiger partial charge in [0.05, 0.1) is 0 Å². The molecule has 0 unspecified atom stereocenters. The fourth-order valence-corrected chi connectivity index (χ4v) is 4.84. The molecular weight excluding hydrogens is 412 g/mol. The average Bonchev–Trinajstić information content (AvgIpc) is 3.23. The van der Waals surface area contributed by atoms with Crippen LogP contribution in [0.25, 0.3) is 55.3 Å². The number of hydrogen-bond acceptors (Lipinski definition) is 1. The molecule has 0 aliphatic heterocycles. The van der Waals surface area contributed by atoms with Gasteiger partial charge in [-0.25, -0.2) is 0 Å². The summed E-state index contributed by atoms with van der Waals surface area (Å²) in [5, 5.41) is 2.96. The summed E-state index contributed by atoms with van der Waals surface area (Å²) < 4.78 is 6.17. The molecule has 0 amide bonds. The summed E-state index contributed by atoms with van der Waals surface area (Å²) in [5.41, 5.74) is 8.34. The standard InChI is InChI=1S/C30H19ClO/c31-26-19-22(20-10-3-1-4-11-20)18-25(29(26)21-12-5-2-6-13-21)23-15-9-17-28-30(23)24-14-7-8-16-27(24)32-28/h1-19H. The predicted molar refractivity (Wildman–Crippen MR) is 135 cm³/mol. The van der Waals surface area contributed by atoms with E-state index in [1.165, 1.54) is 0 Å². The number of para-hydroxylation sites is 1. The van der Waals surface area contributed by atoms with E-state index in [0.29, 0.717) is 0 Å². The third kappa shape index (κ3) is 3.10. The fraction of sp³-hybridized carbons (Fsp3) is 0.